The summed E-state index contributed by atoms with van der Waals surface area (Å²) in [4.78, 5) is 0. The monoisotopic (exact) mass is 303 g/mol. The highest BCUT2D eigenvalue weighted by molar-refractivity contribution is 6.06. The Kier molecular flexibility index (Phi) is 3.26. The van der Waals surface area contributed by atoms with E-state index in [-0.39, 0.29) is 6.04 Å². The molecule has 23 heavy (non-hydrogen) atoms. The standard InChI is InChI=1S/C21H21NO/c1-13(2)15-7-6-8-16-18-12-17(19-9-4-5-10-22-19)14(3)11-20(18)23-21(15)16/h4-13,19,22H,1-3H3. The maximum absolute atomic E-state index is 6.22. The van der Waals surface area contributed by atoms with Crippen LogP contribution in [0.1, 0.15) is 42.5 Å². The minimum Gasteiger partial charge on any atom is -0.456 e. The molecule has 1 N–H and O–H groups in total. The van der Waals surface area contributed by atoms with Gasteiger partial charge in [0.05, 0.1) is 6.04 Å². The summed E-state index contributed by atoms with van der Waals surface area (Å²) in [7, 11) is 0. The molecule has 2 heterocycles. The van der Waals surface area contributed by atoms with Crippen LogP contribution in [0.5, 0.6) is 0 Å². The third-order valence-corrected chi connectivity index (χ3v) is 4.66. The van der Waals surface area contributed by atoms with Crippen LogP contribution in [0.4, 0.5) is 0 Å². The van der Waals surface area contributed by atoms with Gasteiger partial charge >= 0.3 is 0 Å². The van der Waals surface area contributed by atoms with E-state index in [0.29, 0.717) is 5.92 Å². The second-order valence-electron chi connectivity index (χ2n) is 6.57. The van der Waals surface area contributed by atoms with Gasteiger partial charge in [0.25, 0.3) is 0 Å². The van der Waals surface area contributed by atoms with Crippen LogP contribution in [0.25, 0.3) is 21.9 Å². The fourth-order valence-electron chi connectivity index (χ4n) is 3.41. The zero-order valence-corrected chi connectivity index (χ0v) is 13.8. The first-order chi connectivity index (χ1) is 11.1. The van der Waals surface area contributed by atoms with Crippen molar-refractivity contribution in [3.8, 4) is 0 Å². The van der Waals surface area contributed by atoms with Gasteiger partial charge in [0.1, 0.15) is 11.2 Å². The molecule has 0 radical (unpaired) electrons. The largest absolute Gasteiger partial charge is 0.456 e. The molecule has 116 valence electrons. The number of dihydropyridines is 1. The maximum Gasteiger partial charge on any atom is 0.138 e. The molecule has 0 bridgehead atoms. The van der Waals surface area contributed by atoms with Crippen molar-refractivity contribution in [2.75, 3.05) is 0 Å². The second-order valence-corrected chi connectivity index (χ2v) is 6.57. The van der Waals surface area contributed by atoms with Crippen molar-refractivity contribution in [2.45, 2.75) is 32.7 Å². The van der Waals surface area contributed by atoms with Crippen LogP contribution in [0.3, 0.4) is 0 Å². The van der Waals surface area contributed by atoms with Crippen molar-refractivity contribution in [3.05, 3.63) is 71.5 Å². The molecule has 1 aliphatic heterocycles. The predicted molar refractivity (Wildman–Crippen MR) is 96.7 cm³/mol. The number of fused-ring (bicyclic) bond motifs is 3. The van der Waals surface area contributed by atoms with Crippen LogP contribution in [0, 0.1) is 6.92 Å². The molecule has 1 aliphatic rings. The number of rotatable bonds is 2. The van der Waals surface area contributed by atoms with Crippen molar-refractivity contribution >= 4 is 21.9 Å². The van der Waals surface area contributed by atoms with Crippen LogP contribution in [0.2, 0.25) is 0 Å². The Bertz CT molecular complexity index is 943. The summed E-state index contributed by atoms with van der Waals surface area (Å²) in [6.07, 6.45) is 8.30. The molecule has 1 atom stereocenters. The third kappa shape index (κ3) is 2.26. The number of hydrogen-bond acceptors (Lipinski definition) is 2. The fourth-order valence-corrected chi connectivity index (χ4v) is 3.41. The van der Waals surface area contributed by atoms with E-state index in [4.69, 9.17) is 4.42 Å². The number of para-hydroxylation sites is 1. The van der Waals surface area contributed by atoms with Crippen LogP contribution in [-0.4, -0.2) is 0 Å². The minimum atomic E-state index is 0.225. The first-order valence-corrected chi connectivity index (χ1v) is 8.20. The highest BCUT2D eigenvalue weighted by atomic mass is 16.3. The Hall–Kier alpha value is -2.48. The minimum absolute atomic E-state index is 0.225. The average molecular weight is 303 g/mol. The Morgan fingerprint density at radius 2 is 1.96 bits per heavy atom. The molecule has 3 aromatic rings. The molecule has 2 nitrogen and oxygen atoms in total. The molecule has 0 spiro atoms. The molecular formula is C21H21NO. The summed E-state index contributed by atoms with van der Waals surface area (Å²) in [6.45, 7) is 6.57. The summed E-state index contributed by atoms with van der Waals surface area (Å²) < 4.78 is 6.22. The van der Waals surface area contributed by atoms with E-state index >= 15 is 0 Å². The van der Waals surface area contributed by atoms with Gasteiger partial charge < -0.3 is 9.73 Å². The molecule has 0 fully saturated rings. The van der Waals surface area contributed by atoms with E-state index in [0.717, 1.165) is 11.2 Å². The smallest absolute Gasteiger partial charge is 0.138 e. The van der Waals surface area contributed by atoms with Crippen molar-refractivity contribution in [3.63, 3.8) is 0 Å². The van der Waals surface area contributed by atoms with Crippen molar-refractivity contribution in [1.29, 1.82) is 0 Å². The number of aryl methyl sites for hydroxylation is 1. The first kappa shape index (κ1) is 14.1. The number of benzene rings is 2. The SMILES string of the molecule is Cc1cc2oc3c(C(C)C)cccc3c2cc1C1C=CC=CN1. The lowest BCUT2D eigenvalue weighted by molar-refractivity contribution is 0.656. The van der Waals surface area contributed by atoms with Gasteiger partial charge in [-0.3, -0.25) is 0 Å². The average Bonchev–Trinajstić information content (AvgIpc) is 2.91. The number of allylic oxidation sites excluding steroid dienone is 2. The van der Waals surface area contributed by atoms with Gasteiger partial charge in [-0.25, -0.2) is 0 Å². The van der Waals surface area contributed by atoms with E-state index in [1.807, 2.05) is 12.3 Å². The van der Waals surface area contributed by atoms with Crippen molar-refractivity contribution in [2.24, 2.45) is 0 Å². The second kappa shape index (κ2) is 5.31. The predicted octanol–water partition coefficient (Wildman–Crippen LogP) is 5.73. The van der Waals surface area contributed by atoms with E-state index in [1.165, 1.54) is 27.5 Å². The highest BCUT2D eigenvalue weighted by Gasteiger charge is 2.17. The van der Waals surface area contributed by atoms with Gasteiger partial charge in [-0.2, -0.15) is 0 Å². The number of furan rings is 1. The molecule has 0 saturated carbocycles. The zero-order chi connectivity index (χ0) is 16.0. The number of hydrogen-bond donors (Lipinski definition) is 1. The van der Waals surface area contributed by atoms with E-state index < -0.39 is 0 Å². The summed E-state index contributed by atoms with van der Waals surface area (Å²) in [5.41, 5.74) is 5.83. The van der Waals surface area contributed by atoms with Gasteiger partial charge in [-0.05, 0) is 53.9 Å². The molecule has 0 saturated heterocycles. The molecule has 0 aliphatic carbocycles. The van der Waals surface area contributed by atoms with Crippen LogP contribution in [0.15, 0.2) is 59.2 Å². The van der Waals surface area contributed by atoms with Gasteiger partial charge in [-0.15, -0.1) is 0 Å². The summed E-state index contributed by atoms with van der Waals surface area (Å²) in [5.74, 6) is 0.452. The summed E-state index contributed by atoms with van der Waals surface area (Å²) in [6, 6.07) is 11.1. The highest BCUT2D eigenvalue weighted by Crippen LogP contribution is 2.36. The molecule has 0 amide bonds. The van der Waals surface area contributed by atoms with E-state index in [1.54, 1.807) is 0 Å². The lowest BCUT2D eigenvalue weighted by Crippen LogP contribution is -2.15. The number of nitrogens with one attached hydrogen (secondary N) is 1. The van der Waals surface area contributed by atoms with Crippen LogP contribution < -0.4 is 5.32 Å². The molecule has 4 rings (SSSR count). The topological polar surface area (TPSA) is 25.2 Å². The maximum atomic E-state index is 6.22. The van der Waals surface area contributed by atoms with Gasteiger partial charge in [0.15, 0.2) is 0 Å². The van der Waals surface area contributed by atoms with E-state index in [9.17, 15) is 0 Å². The molecule has 1 aromatic heterocycles. The van der Waals surface area contributed by atoms with Gasteiger partial charge in [-0.1, -0.05) is 44.2 Å². The fraction of sp³-hybridized carbons (Fsp3) is 0.238. The van der Waals surface area contributed by atoms with E-state index in [2.05, 4.69) is 68.6 Å². The first-order valence-electron chi connectivity index (χ1n) is 8.20. The quantitative estimate of drug-likeness (QED) is 0.654. The van der Waals surface area contributed by atoms with Gasteiger partial charge in [0.2, 0.25) is 0 Å². The Labute approximate surface area is 136 Å². The Morgan fingerprint density at radius 3 is 2.70 bits per heavy atom. The van der Waals surface area contributed by atoms with Crippen LogP contribution >= 0.6 is 0 Å². The molecule has 2 aromatic carbocycles. The van der Waals surface area contributed by atoms with Crippen molar-refractivity contribution in [1.82, 2.24) is 5.32 Å². The van der Waals surface area contributed by atoms with Crippen LogP contribution in [-0.2, 0) is 0 Å². The van der Waals surface area contributed by atoms with Gasteiger partial charge in [0, 0.05) is 10.8 Å². The molecule has 2 heteroatoms. The normalized spacial score (nSPS) is 17.3. The molecule has 1 unspecified atom stereocenters. The Morgan fingerprint density at radius 1 is 1.09 bits per heavy atom. The lowest BCUT2D eigenvalue weighted by atomic mass is 9.96. The third-order valence-electron chi connectivity index (χ3n) is 4.66. The van der Waals surface area contributed by atoms with Crippen molar-refractivity contribution < 1.29 is 4.42 Å². The summed E-state index contributed by atoms with van der Waals surface area (Å²) >= 11 is 0. The summed E-state index contributed by atoms with van der Waals surface area (Å²) in [5, 5.41) is 5.83. The Balaban J connectivity index is 1.97. The lowest BCUT2D eigenvalue weighted by Gasteiger charge is -2.18. The zero-order valence-electron chi connectivity index (χ0n) is 13.8. The molecular weight excluding hydrogens is 282 g/mol.